The number of alkyl halides is 2. The molecule has 5 fully saturated rings. The molecule has 6 aliphatic rings. The molecule has 0 unspecified atom stereocenters. The normalized spacial score (nSPS) is 32.9. The van der Waals surface area contributed by atoms with Crippen LogP contribution in [0, 0.1) is 40.4 Å². The van der Waals surface area contributed by atoms with Crippen molar-refractivity contribution in [3.05, 3.63) is 23.9 Å². The smallest absolute Gasteiger partial charge is 0.306 e. The van der Waals surface area contributed by atoms with E-state index in [-0.39, 0.29) is 43.7 Å². The highest BCUT2D eigenvalue weighted by molar-refractivity contribution is 7.90. The summed E-state index contributed by atoms with van der Waals surface area (Å²) >= 11 is 0. The van der Waals surface area contributed by atoms with Crippen LogP contribution in [0.5, 0.6) is 11.6 Å². The van der Waals surface area contributed by atoms with Crippen molar-refractivity contribution >= 4 is 44.6 Å². The monoisotopic (exact) mass is 828 g/mol. The van der Waals surface area contributed by atoms with Crippen LogP contribution in [0.25, 0.3) is 11.0 Å². The lowest BCUT2D eigenvalue weighted by Gasteiger charge is -2.35. The molecule has 2 amide bonds. The molecule has 2 aliphatic heterocycles. The van der Waals surface area contributed by atoms with Crippen molar-refractivity contribution in [1.29, 1.82) is 0 Å². The maximum Gasteiger partial charge on any atom is 0.306 e. The van der Waals surface area contributed by atoms with Crippen molar-refractivity contribution in [3.8, 4) is 11.6 Å². The number of methoxy groups -OCH3 is 1. The van der Waals surface area contributed by atoms with Crippen LogP contribution < -0.4 is 14.2 Å². The zero-order valence-corrected chi connectivity index (χ0v) is 34.4. The second-order valence-electron chi connectivity index (χ2n) is 18.8. The van der Waals surface area contributed by atoms with E-state index in [0.717, 1.165) is 38.5 Å². The molecular formula is C42H54F2N4O9S. The fourth-order valence-corrected chi connectivity index (χ4v) is 11.2. The van der Waals surface area contributed by atoms with Crippen molar-refractivity contribution in [3.63, 3.8) is 0 Å². The molecule has 1 aromatic carbocycles. The number of halogens is 2. The van der Waals surface area contributed by atoms with Crippen molar-refractivity contribution in [2.45, 2.75) is 134 Å². The number of amides is 2. The number of benzene rings is 1. The zero-order valence-electron chi connectivity index (χ0n) is 33.6. The largest absolute Gasteiger partial charge is 0.497 e. The maximum atomic E-state index is 14.8. The van der Waals surface area contributed by atoms with Gasteiger partial charge in [0.2, 0.25) is 34.1 Å². The van der Waals surface area contributed by atoms with E-state index in [1.54, 1.807) is 19.2 Å². The Labute approximate surface area is 337 Å². The van der Waals surface area contributed by atoms with Gasteiger partial charge in [0.25, 0.3) is 0 Å². The highest BCUT2D eigenvalue weighted by atomic mass is 32.2. The summed E-state index contributed by atoms with van der Waals surface area (Å²) in [4.78, 5) is 67.8. The van der Waals surface area contributed by atoms with Crippen LogP contribution in [0.2, 0.25) is 0 Å². The number of hydrogen-bond donors (Lipinski definition) is 1. The van der Waals surface area contributed by atoms with E-state index in [9.17, 15) is 36.4 Å². The Morgan fingerprint density at radius 3 is 2.48 bits per heavy atom. The predicted molar refractivity (Wildman–Crippen MR) is 206 cm³/mol. The van der Waals surface area contributed by atoms with Crippen molar-refractivity contribution < 1.29 is 50.6 Å². The number of carbonyl (C=O) groups excluding carboxylic acids is 4. The van der Waals surface area contributed by atoms with Gasteiger partial charge in [0.05, 0.1) is 53.7 Å². The number of aryl methyl sites for hydroxylation is 1. The third-order valence-electron chi connectivity index (χ3n) is 13.6. The summed E-state index contributed by atoms with van der Waals surface area (Å²) < 4.78 is 74.2. The van der Waals surface area contributed by atoms with Crippen molar-refractivity contribution in [2.75, 3.05) is 13.7 Å². The third-order valence-corrected chi connectivity index (χ3v) is 15.4. The zero-order chi connectivity index (χ0) is 41.3. The van der Waals surface area contributed by atoms with Crippen molar-refractivity contribution in [1.82, 2.24) is 19.6 Å². The van der Waals surface area contributed by atoms with Crippen molar-refractivity contribution in [2.24, 2.45) is 40.4 Å². The summed E-state index contributed by atoms with van der Waals surface area (Å²) in [7, 11) is -2.54. The second kappa shape index (κ2) is 15.3. The number of sulfonamides is 1. The van der Waals surface area contributed by atoms with Gasteiger partial charge in [-0.1, -0.05) is 33.6 Å². The Hall–Kier alpha value is -3.95. The highest BCUT2D eigenvalue weighted by Crippen LogP contribution is 2.59. The number of nitrogens with zero attached hydrogens (tertiary/aromatic N) is 3. The number of Topliss-reactive ketones (excluding diaryl/α,β-unsaturated/α-hetero) is 1. The molecule has 316 valence electrons. The number of nitrogens with one attached hydrogen (secondary N) is 1. The summed E-state index contributed by atoms with van der Waals surface area (Å²) in [5, 5.41) is -0.775. The van der Waals surface area contributed by atoms with Crippen LogP contribution >= 0.6 is 0 Å². The molecule has 2 aromatic rings. The SMILES string of the molecule is COc1ccc2nc3c(nc2c1)O[C@@H]1C[C@@H](C(=O)C[C@]2(C(=O)NS(=O)(=O)C4CC4)C[C@H]2C(F)F)N(C1)C(=O)[C@H](C(C)(C)C)CC(=O)O[C@H]1[C@H](CCCCC3)C[C@H]2C[C@H]21. The summed E-state index contributed by atoms with van der Waals surface area (Å²) in [5.41, 5.74) is -0.911. The highest BCUT2D eigenvalue weighted by Gasteiger charge is 2.66. The summed E-state index contributed by atoms with van der Waals surface area (Å²) in [6, 6.07) is 4.15. The molecule has 4 saturated carbocycles. The second-order valence-corrected chi connectivity index (χ2v) is 20.7. The minimum Gasteiger partial charge on any atom is -0.497 e. The summed E-state index contributed by atoms with van der Waals surface area (Å²) in [5.74, 6) is -3.24. The van der Waals surface area contributed by atoms with Crippen LogP contribution in [0.4, 0.5) is 8.78 Å². The predicted octanol–water partition coefficient (Wildman–Crippen LogP) is 5.56. The molecule has 8 rings (SSSR count). The van der Waals surface area contributed by atoms with Gasteiger partial charge in [-0.25, -0.2) is 27.2 Å². The minimum absolute atomic E-state index is 0.0482. The maximum absolute atomic E-state index is 14.8. The number of ether oxygens (including phenoxy) is 3. The molecule has 13 nitrogen and oxygen atoms in total. The molecule has 0 radical (unpaired) electrons. The Morgan fingerprint density at radius 1 is 1.02 bits per heavy atom. The van der Waals surface area contributed by atoms with Crippen LogP contribution in [0.3, 0.4) is 0 Å². The quantitative estimate of drug-likeness (QED) is 0.331. The lowest BCUT2D eigenvalue weighted by molar-refractivity contribution is -0.159. The fraction of sp³-hybridized carbons (Fsp3) is 0.714. The average Bonchev–Trinajstić information content (AvgIpc) is 4.10. The summed E-state index contributed by atoms with van der Waals surface area (Å²) in [6.07, 6.45) is 1.61. The molecule has 0 spiro atoms. The fourth-order valence-electron chi connectivity index (χ4n) is 9.85. The average molecular weight is 829 g/mol. The van der Waals surface area contributed by atoms with E-state index in [1.807, 2.05) is 31.6 Å². The lowest BCUT2D eigenvalue weighted by Crippen LogP contribution is -2.49. The Bertz CT molecular complexity index is 2090. The molecule has 9 atom stereocenters. The molecule has 1 N–H and O–H groups in total. The standard InChI is InChI=1S/C42H54F2N4O9S/c1-41(2,3)28-18-35(50)57-36-22(14-23-15-27(23)36)8-6-5-7-9-31-38(46-32-16-24(55-4)10-13-30(32)45-31)56-25-17-33(48(21-25)39(28)51)34(49)20-42(19-29(42)37(43)44)40(52)47-58(53,54)26-11-12-26/h10,13,16,22-23,25-29,33,36-37H,5-9,11-12,14-15,17-21H2,1-4H3,(H,47,52)/t22-,23+,25-,27-,28-,29+,33+,36+,42-/m1/s1. The molecule has 58 heavy (non-hydrogen) atoms. The third kappa shape index (κ3) is 8.15. The lowest BCUT2D eigenvalue weighted by atomic mass is 9.77. The van der Waals surface area contributed by atoms with Crippen LogP contribution in [-0.4, -0.2) is 90.4 Å². The Balaban J connectivity index is 1.13. The van der Waals surface area contributed by atoms with Gasteiger partial charge in [-0.15, -0.1) is 0 Å². The molecule has 3 heterocycles. The van der Waals surface area contributed by atoms with E-state index in [2.05, 4.69) is 0 Å². The first kappa shape index (κ1) is 40.8. The van der Waals surface area contributed by atoms with Gasteiger partial charge >= 0.3 is 5.97 Å². The van der Waals surface area contributed by atoms with E-state index in [1.165, 1.54) is 4.90 Å². The van der Waals surface area contributed by atoms with Gasteiger partial charge in [0.15, 0.2) is 5.78 Å². The molecule has 2 bridgehead atoms. The van der Waals surface area contributed by atoms with Crippen LogP contribution in [0.15, 0.2) is 18.2 Å². The van der Waals surface area contributed by atoms with Gasteiger partial charge < -0.3 is 19.1 Å². The number of hydrogen-bond acceptors (Lipinski definition) is 11. The van der Waals surface area contributed by atoms with E-state index < -0.39 is 86.5 Å². The number of aromatic nitrogens is 2. The number of rotatable bonds is 8. The van der Waals surface area contributed by atoms with Gasteiger partial charge in [0.1, 0.15) is 23.7 Å². The first-order valence-electron chi connectivity index (χ1n) is 20.9. The Kier molecular flexibility index (Phi) is 10.7. The number of fused-ring (bicyclic) bond motifs is 7. The van der Waals surface area contributed by atoms with Gasteiger partial charge in [-0.3, -0.25) is 23.9 Å². The van der Waals surface area contributed by atoms with Gasteiger partial charge in [-0.05, 0) is 86.7 Å². The molecule has 1 saturated heterocycles. The number of carbonyl (C=O) groups is 4. The van der Waals surface area contributed by atoms with E-state index >= 15 is 0 Å². The first-order chi connectivity index (χ1) is 27.5. The van der Waals surface area contributed by atoms with E-state index in [4.69, 9.17) is 24.2 Å². The first-order valence-corrected chi connectivity index (χ1v) is 22.4. The molecule has 1 aromatic heterocycles. The molecular weight excluding hydrogens is 775 g/mol. The van der Waals surface area contributed by atoms with Gasteiger partial charge in [0, 0.05) is 24.8 Å². The van der Waals surface area contributed by atoms with Crippen LogP contribution in [0.1, 0.15) is 104 Å². The topological polar surface area (TPSA) is 171 Å². The Morgan fingerprint density at radius 2 is 1.79 bits per heavy atom. The number of ketones is 1. The van der Waals surface area contributed by atoms with E-state index in [0.29, 0.717) is 53.6 Å². The molecule has 16 heteroatoms. The van der Waals surface area contributed by atoms with Crippen LogP contribution in [-0.2, 0) is 40.4 Å². The van der Waals surface area contributed by atoms with Gasteiger partial charge in [-0.2, -0.15) is 0 Å². The molecule has 4 aliphatic carbocycles. The number of esters is 1. The minimum atomic E-state index is -4.09. The summed E-state index contributed by atoms with van der Waals surface area (Å²) in [6.45, 7) is 5.43.